The monoisotopic (exact) mass is 431 g/mol. The van der Waals surface area contributed by atoms with Gasteiger partial charge in [0, 0.05) is 24.1 Å². The highest BCUT2D eigenvalue weighted by atomic mass is 16.5. The van der Waals surface area contributed by atoms with Crippen LogP contribution >= 0.6 is 0 Å². The van der Waals surface area contributed by atoms with E-state index in [0.29, 0.717) is 25.0 Å². The first kappa shape index (κ1) is 19.1. The van der Waals surface area contributed by atoms with E-state index in [2.05, 4.69) is 17.0 Å². The van der Waals surface area contributed by atoms with Gasteiger partial charge in [-0.1, -0.05) is 36.4 Å². The molecule has 1 saturated heterocycles. The standard InChI is InChI=1S/C27H29NO4/c29-20-9-8-18-13-21-27(31)14-19(12-16-4-2-1-3-5-16)23(30)25-26(27,22(18)24(20)32-25)10-11-28(21)15-17-6-7-17/h1-5,8-9,17,19,21,25,29,31H,6-7,10-15H2/t19-,21+,25-,26-,27+/m0/s1. The molecule has 0 amide bonds. The molecule has 5 aliphatic rings. The second-order valence-electron chi connectivity index (χ2n) is 10.7. The number of Topliss-reactive ketones (excluding diaryl/α,β-unsaturated/α-hetero) is 1. The summed E-state index contributed by atoms with van der Waals surface area (Å²) in [6.45, 7) is 1.90. The number of benzene rings is 2. The third-order valence-electron chi connectivity index (χ3n) is 9.06. The summed E-state index contributed by atoms with van der Waals surface area (Å²) in [5, 5.41) is 23.2. The van der Waals surface area contributed by atoms with Crippen LogP contribution in [0, 0.1) is 11.8 Å². The molecule has 2 aliphatic heterocycles. The van der Waals surface area contributed by atoms with E-state index in [4.69, 9.17) is 4.74 Å². The molecule has 2 saturated carbocycles. The third kappa shape index (κ3) is 2.33. The maximum absolute atomic E-state index is 13.8. The predicted octanol–water partition coefficient (Wildman–Crippen LogP) is 2.99. The van der Waals surface area contributed by atoms with Crippen molar-refractivity contribution in [1.29, 1.82) is 0 Å². The summed E-state index contributed by atoms with van der Waals surface area (Å²) in [6.07, 6.45) is 4.36. The average Bonchev–Trinajstić information content (AvgIpc) is 3.52. The second-order valence-corrected chi connectivity index (χ2v) is 10.7. The summed E-state index contributed by atoms with van der Waals surface area (Å²) in [6, 6.07) is 13.7. The van der Waals surface area contributed by atoms with Gasteiger partial charge < -0.3 is 14.9 Å². The lowest BCUT2D eigenvalue weighted by molar-refractivity contribution is -0.197. The first-order valence-electron chi connectivity index (χ1n) is 12.1. The van der Waals surface area contributed by atoms with Gasteiger partial charge in [-0.15, -0.1) is 0 Å². The smallest absolute Gasteiger partial charge is 0.177 e. The van der Waals surface area contributed by atoms with Crippen molar-refractivity contribution >= 4 is 5.78 Å². The van der Waals surface area contributed by atoms with Gasteiger partial charge in [0.25, 0.3) is 0 Å². The van der Waals surface area contributed by atoms with Gasteiger partial charge in [0.1, 0.15) is 0 Å². The van der Waals surface area contributed by atoms with E-state index in [9.17, 15) is 15.0 Å². The zero-order valence-electron chi connectivity index (χ0n) is 18.2. The molecule has 7 rings (SSSR count). The summed E-state index contributed by atoms with van der Waals surface area (Å²) < 4.78 is 6.31. The number of rotatable bonds is 4. The second kappa shape index (κ2) is 6.36. The number of hydrogen-bond acceptors (Lipinski definition) is 5. The molecule has 2 bridgehead atoms. The number of nitrogens with zero attached hydrogens (tertiary/aromatic N) is 1. The fourth-order valence-electron chi connectivity index (χ4n) is 7.47. The molecule has 2 heterocycles. The number of hydrogen-bond donors (Lipinski definition) is 2. The highest BCUT2D eigenvalue weighted by Gasteiger charge is 2.74. The molecule has 32 heavy (non-hydrogen) atoms. The topological polar surface area (TPSA) is 70.0 Å². The van der Waals surface area contributed by atoms with Crippen LogP contribution in [0.3, 0.4) is 0 Å². The maximum Gasteiger partial charge on any atom is 0.177 e. The van der Waals surface area contributed by atoms with Crippen molar-refractivity contribution in [2.45, 2.75) is 61.7 Å². The van der Waals surface area contributed by atoms with Crippen LogP contribution in [0.2, 0.25) is 0 Å². The van der Waals surface area contributed by atoms with Crippen LogP contribution < -0.4 is 4.74 Å². The Morgan fingerprint density at radius 2 is 1.94 bits per heavy atom. The quantitative estimate of drug-likeness (QED) is 0.779. The van der Waals surface area contributed by atoms with Gasteiger partial charge in [0.2, 0.25) is 0 Å². The minimum Gasteiger partial charge on any atom is -0.504 e. The Hall–Kier alpha value is -2.37. The lowest BCUT2D eigenvalue weighted by Crippen LogP contribution is -2.78. The van der Waals surface area contributed by atoms with Crippen LogP contribution in [0.4, 0.5) is 0 Å². The molecule has 2 aromatic carbocycles. The van der Waals surface area contributed by atoms with Crippen molar-refractivity contribution in [2.75, 3.05) is 13.1 Å². The van der Waals surface area contributed by atoms with Gasteiger partial charge in [0.05, 0.1) is 11.0 Å². The van der Waals surface area contributed by atoms with Gasteiger partial charge in [-0.05, 0) is 68.2 Å². The molecule has 3 aliphatic carbocycles. The largest absolute Gasteiger partial charge is 0.504 e. The highest BCUT2D eigenvalue weighted by Crippen LogP contribution is 2.65. The molecule has 0 radical (unpaired) electrons. The van der Waals surface area contributed by atoms with E-state index in [1.807, 2.05) is 24.3 Å². The molecule has 166 valence electrons. The number of ether oxygens (including phenoxy) is 1. The molecule has 2 aromatic rings. The number of carbonyl (C=O) groups excluding carboxylic acids is 1. The van der Waals surface area contributed by atoms with Crippen molar-refractivity contribution in [2.24, 2.45) is 11.8 Å². The zero-order valence-corrected chi connectivity index (χ0v) is 18.2. The van der Waals surface area contributed by atoms with E-state index in [1.165, 1.54) is 12.8 Å². The summed E-state index contributed by atoms with van der Waals surface area (Å²) in [5.74, 6) is 1.05. The molecule has 2 N–H and O–H groups in total. The molecule has 0 unspecified atom stereocenters. The number of phenols is 1. The molecule has 1 spiro atoms. The van der Waals surface area contributed by atoms with Crippen molar-refractivity contribution < 1.29 is 19.7 Å². The lowest BCUT2D eigenvalue weighted by Gasteiger charge is -2.63. The van der Waals surface area contributed by atoms with Gasteiger partial charge in [-0.25, -0.2) is 0 Å². The van der Waals surface area contributed by atoms with Crippen LogP contribution in [0.15, 0.2) is 42.5 Å². The fourth-order valence-corrected chi connectivity index (χ4v) is 7.47. The van der Waals surface area contributed by atoms with Crippen molar-refractivity contribution in [3.05, 3.63) is 59.2 Å². The summed E-state index contributed by atoms with van der Waals surface area (Å²) in [7, 11) is 0. The predicted molar refractivity (Wildman–Crippen MR) is 119 cm³/mol. The Labute approximate surface area is 188 Å². The number of piperidine rings is 1. The summed E-state index contributed by atoms with van der Waals surface area (Å²) in [4.78, 5) is 16.4. The number of aromatic hydroxyl groups is 1. The Balaban J connectivity index is 1.37. The summed E-state index contributed by atoms with van der Waals surface area (Å²) >= 11 is 0. The number of phenolic OH excluding ortho intramolecular Hbond substituents is 1. The molecular weight excluding hydrogens is 402 g/mol. The molecule has 5 atom stereocenters. The maximum atomic E-state index is 13.8. The first-order chi connectivity index (χ1) is 15.5. The van der Waals surface area contributed by atoms with Gasteiger partial charge >= 0.3 is 0 Å². The minimum atomic E-state index is -1.04. The third-order valence-corrected chi connectivity index (χ3v) is 9.06. The number of carbonyl (C=O) groups is 1. The SMILES string of the molecule is O=C1[C@@H](Cc2ccccc2)C[C@@]2(O)[C@H]3Cc4ccc(O)c5c4[C@@]2(CCN3CC2CC2)[C@H]1O5. The van der Waals surface area contributed by atoms with E-state index < -0.39 is 17.1 Å². The van der Waals surface area contributed by atoms with Gasteiger partial charge in [-0.3, -0.25) is 9.69 Å². The van der Waals surface area contributed by atoms with Crippen LogP contribution in [0.1, 0.15) is 42.4 Å². The van der Waals surface area contributed by atoms with Gasteiger partial charge in [-0.2, -0.15) is 0 Å². The van der Waals surface area contributed by atoms with Crippen LogP contribution in [-0.2, 0) is 23.1 Å². The Morgan fingerprint density at radius 3 is 2.72 bits per heavy atom. The average molecular weight is 432 g/mol. The van der Waals surface area contributed by atoms with Crippen LogP contribution in [0.5, 0.6) is 11.5 Å². The van der Waals surface area contributed by atoms with E-state index >= 15 is 0 Å². The molecule has 5 heteroatoms. The summed E-state index contributed by atoms with van der Waals surface area (Å²) in [5.41, 5.74) is 1.37. The Morgan fingerprint density at radius 1 is 1.12 bits per heavy atom. The van der Waals surface area contributed by atoms with E-state index in [-0.39, 0.29) is 23.5 Å². The van der Waals surface area contributed by atoms with Crippen molar-refractivity contribution in [3.63, 3.8) is 0 Å². The fraction of sp³-hybridized carbons (Fsp3) is 0.519. The normalized spacial score (nSPS) is 37.2. The molecule has 0 aromatic heterocycles. The Bertz CT molecular complexity index is 1110. The molecular formula is C27H29NO4. The van der Waals surface area contributed by atoms with Crippen molar-refractivity contribution in [3.8, 4) is 11.5 Å². The number of likely N-dealkylation sites (tertiary alicyclic amines) is 1. The van der Waals surface area contributed by atoms with Crippen molar-refractivity contribution in [1.82, 2.24) is 4.90 Å². The van der Waals surface area contributed by atoms with E-state index in [0.717, 1.165) is 42.1 Å². The lowest BCUT2D eigenvalue weighted by atomic mass is 9.47. The molecule has 5 nitrogen and oxygen atoms in total. The first-order valence-corrected chi connectivity index (χ1v) is 12.1. The number of ketones is 1. The number of aliphatic hydroxyl groups is 1. The van der Waals surface area contributed by atoms with Crippen LogP contribution in [0.25, 0.3) is 0 Å². The highest BCUT2D eigenvalue weighted by molar-refractivity contribution is 5.92. The van der Waals surface area contributed by atoms with Gasteiger partial charge in [0.15, 0.2) is 23.4 Å². The molecule has 3 fully saturated rings. The zero-order chi connectivity index (χ0) is 21.7. The van der Waals surface area contributed by atoms with E-state index in [1.54, 1.807) is 6.07 Å². The van der Waals surface area contributed by atoms with Crippen LogP contribution in [-0.4, -0.2) is 51.7 Å². The minimum absolute atomic E-state index is 0.0164. The Kier molecular flexibility index (Phi) is 3.80.